The molecule has 0 saturated heterocycles. The fraction of sp³-hybridized carbons (Fsp3) is 0.600. The molecule has 1 fully saturated rings. The van der Waals surface area contributed by atoms with E-state index in [0.29, 0.717) is 5.41 Å². The van der Waals surface area contributed by atoms with Crippen LogP contribution in [0.5, 0.6) is 0 Å². The Morgan fingerprint density at radius 1 is 1.06 bits per heavy atom. The quantitative estimate of drug-likeness (QED) is 0.807. The Labute approximate surface area is 110 Å². The Kier molecular flexibility index (Phi) is 3.79. The molecule has 2 aliphatic carbocycles. The lowest BCUT2D eigenvalue weighted by Gasteiger charge is -2.37. The van der Waals surface area contributed by atoms with Crippen molar-refractivity contribution in [3.05, 3.63) is 35.4 Å². The fourth-order valence-electron chi connectivity index (χ4n) is 3.65. The van der Waals surface area contributed by atoms with Gasteiger partial charge in [-0.15, -0.1) is 12.4 Å². The van der Waals surface area contributed by atoms with Crippen molar-refractivity contribution in [1.82, 2.24) is 5.32 Å². The van der Waals surface area contributed by atoms with E-state index in [0.717, 1.165) is 6.04 Å². The summed E-state index contributed by atoms with van der Waals surface area (Å²) in [5.41, 5.74) is 3.85. The molecule has 0 aliphatic heterocycles. The van der Waals surface area contributed by atoms with Crippen molar-refractivity contribution in [1.29, 1.82) is 0 Å². The Morgan fingerprint density at radius 3 is 2.06 bits per heavy atom. The van der Waals surface area contributed by atoms with Gasteiger partial charge in [0.25, 0.3) is 0 Å². The van der Waals surface area contributed by atoms with Crippen LogP contribution in [0.4, 0.5) is 0 Å². The highest BCUT2D eigenvalue weighted by Crippen LogP contribution is 2.47. The summed E-state index contributed by atoms with van der Waals surface area (Å²) in [4.78, 5) is 0. The Balaban J connectivity index is 0.00000108. The average molecular weight is 252 g/mol. The molecule has 1 N–H and O–H groups in total. The lowest BCUT2D eigenvalue weighted by Crippen LogP contribution is -2.36. The van der Waals surface area contributed by atoms with Gasteiger partial charge in [-0.05, 0) is 62.1 Å². The smallest absolute Gasteiger partial charge is 0.00644 e. The predicted molar refractivity (Wildman–Crippen MR) is 74.8 cm³/mol. The van der Waals surface area contributed by atoms with Crippen molar-refractivity contribution in [3.8, 4) is 0 Å². The van der Waals surface area contributed by atoms with Gasteiger partial charge in [0, 0.05) is 6.04 Å². The maximum atomic E-state index is 3.43. The normalized spacial score (nSPS) is 22.2. The summed E-state index contributed by atoms with van der Waals surface area (Å²) in [7, 11) is 2.10. The van der Waals surface area contributed by atoms with Gasteiger partial charge in [-0.1, -0.05) is 24.3 Å². The van der Waals surface area contributed by atoms with Crippen LogP contribution in [0.25, 0.3) is 0 Å². The van der Waals surface area contributed by atoms with Crippen LogP contribution in [0.2, 0.25) is 0 Å². The van der Waals surface area contributed by atoms with E-state index >= 15 is 0 Å². The highest BCUT2D eigenvalue weighted by Gasteiger charge is 2.39. The molecule has 2 aliphatic rings. The number of fused-ring (bicyclic) bond motifs is 1. The summed E-state index contributed by atoms with van der Waals surface area (Å²) >= 11 is 0. The first-order chi connectivity index (χ1) is 7.81. The molecule has 0 bridgehead atoms. The SMILES string of the molecule is CNC1CCC2(CC1)Cc1ccccc1C2.Cl. The van der Waals surface area contributed by atoms with Crippen LogP contribution in [0.1, 0.15) is 36.8 Å². The maximum absolute atomic E-state index is 3.43. The first kappa shape index (κ1) is 12.9. The summed E-state index contributed by atoms with van der Waals surface area (Å²) in [6, 6.07) is 9.81. The van der Waals surface area contributed by atoms with E-state index in [4.69, 9.17) is 0 Å². The van der Waals surface area contributed by atoms with E-state index in [-0.39, 0.29) is 12.4 Å². The standard InChI is InChI=1S/C15H21N.ClH/c1-16-14-6-8-15(9-7-14)10-12-4-2-3-5-13(12)11-15;/h2-5,14,16H,6-11H2,1H3;1H. The minimum absolute atomic E-state index is 0. The topological polar surface area (TPSA) is 12.0 Å². The van der Waals surface area contributed by atoms with Crippen molar-refractivity contribution < 1.29 is 0 Å². The number of nitrogens with one attached hydrogen (secondary N) is 1. The largest absolute Gasteiger partial charge is 0.317 e. The first-order valence-electron chi connectivity index (χ1n) is 6.55. The molecule has 2 heteroatoms. The summed E-state index contributed by atoms with van der Waals surface area (Å²) in [5, 5.41) is 3.43. The molecule has 0 heterocycles. The summed E-state index contributed by atoms with van der Waals surface area (Å²) in [6.45, 7) is 0. The second kappa shape index (κ2) is 4.99. The molecule has 3 rings (SSSR count). The van der Waals surface area contributed by atoms with Crippen molar-refractivity contribution in [2.24, 2.45) is 5.41 Å². The van der Waals surface area contributed by atoms with Crippen molar-refractivity contribution in [3.63, 3.8) is 0 Å². The van der Waals surface area contributed by atoms with E-state index in [2.05, 4.69) is 36.6 Å². The summed E-state index contributed by atoms with van der Waals surface area (Å²) < 4.78 is 0. The third-order valence-electron chi connectivity index (χ3n) is 4.70. The Morgan fingerprint density at radius 2 is 1.59 bits per heavy atom. The molecule has 1 aromatic carbocycles. The van der Waals surface area contributed by atoms with Gasteiger partial charge in [-0.25, -0.2) is 0 Å². The minimum atomic E-state index is 0. The molecule has 1 spiro atoms. The molecular formula is C15H22ClN. The van der Waals surface area contributed by atoms with Gasteiger partial charge < -0.3 is 5.32 Å². The first-order valence-corrected chi connectivity index (χ1v) is 6.55. The van der Waals surface area contributed by atoms with Crippen LogP contribution >= 0.6 is 12.4 Å². The van der Waals surface area contributed by atoms with E-state index < -0.39 is 0 Å². The number of halogens is 1. The number of hydrogen-bond donors (Lipinski definition) is 1. The third kappa shape index (κ3) is 2.36. The van der Waals surface area contributed by atoms with Crippen LogP contribution in [-0.4, -0.2) is 13.1 Å². The number of hydrogen-bond acceptors (Lipinski definition) is 1. The highest BCUT2D eigenvalue weighted by atomic mass is 35.5. The zero-order valence-electron chi connectivity index (χ0n) is 10.5. The second-order valence-electron chi connectivity index (χ2n) is 5.69. The van der Waals surface area contributed by atoms with Gasteiger partial charge in [0.2, 0.25) is 0 Å². The van der Waals surface area contributed by atoms with Crippen LogP contribution in [-0.2, 0) is 12.8 Å². The molecule has 0 amide bonds. The third-order valence-corrected chi connectivity index (χ3v) is 4.70. The van der Waals surface area contributed by atoms with Gasteiger partial charge in [0.15, 0.2) is 0 Å². The van der Waals surface area contributed by atoms with Gasteiger partial charge >= 0.3 is 0 Å². The predicted octanol–water partition coefficient (Wildman–Crippen LogP) is 3.36. The lowest BCUT2D eigenvalue weighted by atomic mass is 9.70. The molecule has 1 nitrogen and oxygen atoms in total. The monoisotopic (exact) mass is 251 g/mol. The van der Waals surface area contributed by atoms with Crippen LogP contribution in [0.3, 0.4) is 0 Å². The van der Waals surface area contributed by atoms with Gasteiger partial charge in [-0.2, -0.15) is 0 Å². The van der Waals surface area contributed by atoms with Gasteiger partial charge in [-0.3, -0.25) is 0 Å². The summed E-state index contributed by atoms with van der Waals surface area (Å²) in [5.74, 6) is 0. The fourth-order valence-corrected chi connectivity index (χ4v) is 3.65. The van der Waals surface area contributed by atoms with Crippen molar-refractivity contribution in [2.45, 2.75) is 44.6 Å². The molecule has 0 aromatic heterocycles. The van der Waals surface area contributed by atoms with Gasteiger partial charge in [0.05, 0.1) is 0 Å². The molecular weight excluding hydrogens is 230 g/mol. The zero-order valence-corrected chi connectivity index (χ0v) is 11.4. The Hall–Kier alpha value is -0.530. The molecule has 0 atom stereocenters. The Bertz CT molecular complexity index is 353. The molecule has 17 heavy (non-hydrogen) atoms. The highest BCUT2D eigenvalue weighted by molar-refractivity contribution is 5.85. The number of benzene rings is 1. The average Bonchev–Trinajstić information content (AvgIpc) is 2.68. The molecule has 0 radical (unpaired) electrons. The zero-order chi connectivity index (χ0) is 11.0. The van der Waals surface area contributed by atoms with Crippen LogP contribution < -0.4 is 5.32 Å². The van der Waals surface area contributed by atoms with E-state index in [1.807, 2.05) is 0 Å². The van der Waals surface area contributed by atoms with E-state index in [9.17, 15) is 0 Å². The van der Waals surface area contributed by atoms with Gasteiger partial charge in [0.1, 0.15) is 0 Å². The molecule has 1 aromatic rings. The summed E-state index contributed by atoms with van der Waals surface area (Å²) in [6.07, 6.45) is 8.22. The minimum Gasteiger partial charge on any atom is -0.317 e. The number of rotatable bonds is 1. The molecule has 0 unspecified atom stereocenters. The second-order valence-corrected chi connectivity index (χ2v) is 5.69. The van der Waals surface area contributed by atoms with E-state index in [1.54, 1.807) is 11.1 Å². The van der Waals surface area contributed by atoms with E-state index in [1.165, 1.54) is 38.5 Å². The van der Waals surface area contributed by atoms with Crippen molar-refractivity contribution in [2.75, 3.05) is 7.05 Å². The molecule has 94 valence electrons. The lowest BCUT2D eigenvalue weighted by molar-refractivity contribution is 0.177. The van der Waals surface area contributed by atoms with Crippen molar-refractivity contribution >= 4 is 12.4 Å². The molecule has 1 saturated carbocycles. The van der Waals surface area contributed by atoms with Crippen LogP contribution in [0.15, 0.2) is 24.3 Å². The maximum Gasteiger partial charge on any atom is 0.00644 e. The van der Waals surface area contributed by atoms with Crippen LogP contribution in [0, 0.1) is 5.41 Å².